The molecular formula is C21H23N3O3. The first kappa shape index (κ1) is 18.6. The van der Waals surface area contributed by atoms with Crippen LogP contribution in [0.5, 0.6) is 11.6 Å². The van der Waals surface area contributed by atoms with Crippen molar-refractivity contribution in [2.75, 3.05) is 7.11 Å². The average molecular weight is 365 g/mol. The van der Waals surface area contributed by atoms with Crippen LogP contribution in [0.15, 0.2) is 58.8 Å². The first-order valence-electron chi connectivity index (χ1n) is 8.90. The number of carbonyl (C=O) groups is 1. The Labute approximate surface area is 158 Å². The van der Waals surface area contributed by atoms with Gasteiger partial charge in [-0.25, -0.2) is 0 Å². The SMILES string of the molecule is COc1ccc2c(c1)c(N=NC(=O)CCc1ccccc1)c(O)n2C(C)C. The number of carbonyl (C=O) groups excluding carboxylic acids is 1. The van der Waals surface area contributed by atoms with Crippen molar-refractivity contribution in [3.8, 4) is 11.6 Å². The summed E-state index contributed by atoms with van der Waals surface area (Å²) in [5.74, 6) is 0.315. The highest BCUT2D eigenvalue weighted by Crippen LogP contribution is 2.42. The number of methoxy groups -OCH3 is 1. The topological polar surface area (TPSA) is 76.2 Å². The quantitative estimate of drug-likeness (QED) is 0.612. The average Bonchev–Trinajstić information content (AvgIpc) is 2.96. The summed E-state index contributed by atoms with van der Waals surface area (Å²) in [7, 11) is 1.58. The summed E-state index contributed by atoms with van der Waals surface area (Å²) in [5, 5.41) is 19.2. The summed E-state index contributed by atoms with van der Waals surface area (Å²) < 4.78 is 7.03. The van der Waals surface area contributed by atoms with Crippen molar-refractivity contribution in [3.05, 3.63) is 54.1 Å². The molecule has 3 rings (SSSR count). The van der Waals surface area contributed by atoms with Crippen molar-refractivity contribution in [2.45, 2.75) is 32.7 Å². The largest absolute Gasteiger partial charge is 0.497 e. The van der Waals surface area contributed by atoms with Gasteiger partial charge in [0.2, 0.25) is 5.88 Å². The van der Waals surface area contributed by atoms with Gasteiger partial charge in [0.05, 0.1) is 12.6 Å². The van der Waals surface area contributed by atoms with Crippen molar-refractivity contribution < 1.29 is 14.6 Å². The number of aryl methyl sites for hydroxylation is 1. The Morgan fingerprint density at radius 3 is 2.59 bits per heavy atom. The maximum Gasteiger partial charge on any atom is 0.265 e. The summed E-state index contributed by atoms with van der Waals surface area (Å²) in [6, 6.07) is 15.3. The Hall–Kier alpha value is -3.15. The maximum absolute atomic E-state index is 12.1. The molecule has 0 fully saturated rings. The molecule has 1 aromatic heterocycles. The van der Waals surface area contributed by atoms with Gasteiger partial charge in [-0.05, 0) is 44.0 Å². The van der Waals surface area contributed by atoms with Crippen LogP contribution in [0, 0.1) is 0 Å². The van der Waals surface area contributed by atoms with E-state index in [-0.39, 0.29) is 29.9 Å². The van der Waals surface area contributed by atoms with Gasteiger partial charge in [-0.1, -0.05) is 30.3 Å². The van der Waals surface area contributed by atoms with E-state index in [1.165, 1.54) is 0 Å². The standard InChI is InChI=1S/C21H23N3O3/c1-14(2)24-18-11-10-16(27-3)13-17(18)20(21(24)26)23-22-19(25)12-9-15-7-5-4-6-8-15/h4-8,10-11,13-14,26H,9,12H2,1-3H3. The fourth-order valence-corrected chi connectivity index (χ4v) is 3.06. The van der Waals surface area contributed by atoms with Gasteiger partial charge in [0.25, 0.3) is 5.91 Å². The second-order valence-corrected chi connectivity index (χ2v) is 6.60. The van der Waals surface area contributed by atoms with Gasteiger partial charge in [0.15, 0.2) is 5.69 Å². The third-order valence-corrected chi connectivity index (χ3v) is 4.41. The smallest absolute Gasteiger partial charge is 0.265 e. The van der Waals surface area contributed by atoms with Gasteiger partial charge in [0, 0.05) is 17.8 Å². The zero-order valence-electron chi connectivity index (χ0n) is 15.7. The molecule has 1 heterocycles. The predicted molar refractivity (Wildman–Crippen MR) is 105 cm³/mol. The van der Waals surface area contributed by atoms with Gasteiger partial charge in [-0.3, -0.25) is 4.79 Å². The van der Waals surface area contributed by atoms with Gasteiger partial charge in [-0.15, -0.1) is 10.2 Å². The maximum atomic E-state index is 12.1. The molecule has 2 aromatic carbocycles. The summed E-state index contributed by atoms with van der Waals surface area (Å²) >= 11 is 0. The van der Waals surface area contributed by atoms with Crippen molar-refractivity contribution >= 4 is 22.5 Å². The lowest BCUT2D eigenvalue weighted by atomic mass is 10.1. The van der Waals surface area contributed by atoms with Crippen LogP contribution in [0.2, 0.25) is 0 Å². The Kier molecular flexibility index (Phi) is 5.54. The van der Waals surface area contributed by atoms with Crippen LogP contribution >= 0.6 is 0 Å². The van der Waals surface area contributed by atoms with Gasteiger partial charge < -0.3 is 14.4 Å². The van der Waals surface area contributed by atoms with E-state index in [4.69, 9.17) is 4.74 Å². The minimum absolute atomic E-state index is 0.00661. The monoisotopic (exact) mass is 365 g/mol. The molecule has 140 valence electrons. The first-order chi connectivity index (χ1) is 13.0. The van der Waals surface area contributed by atoms with Crippen LogP contribution in [0.3, 0.4) is 0 Å². The molecule has 0 bridgehead atoms. The van der Waals surface area contributed by atoms with E-state index in [1.807, 2.05) is 56.3 Å². The number of rotatable bonds is 6. The molecule has 0 saturated heterocycles. The molecule has 1 amide bonds. The zero-order chi connectivity index (χ0) is 19.4. The van der Waals surface area contributed by atoms with Crippen LogP contribution in [-0.4, -0.2) is 22.7 Å². The first-order valence-corrected chi connectivity index (χ1v) is 8.90. The Morgan fingerprint density at radius 2 is 1.93 bits per heavy atom. The summed E-state index contributed by atoms with van der Waals surface area (Å²) in [4.78, 5) is 12.1. The molecule has 0 aliphatic rings. The number of amides is 1. The molecule has 0 aliphatic carbocycles. The second kappa shape index (κ2) is 8.03. The molecule has 0 unspecified atom stereocenters. The highest BCUT2D eigenvalue weighted by Gasteiger charge is 2.19. The van der Waals surface area contributed by atoms with Gasteiger partial charge >= 0.3 is 0 Å². The summed E-state index contributed by atoms with van der Waals surface area (Å²) in [6.07, 6.45) is 0.868. The molecular weight excluding hydrogens is 342 g/mol. The van der Waals surface area contributed by atoms with E-state index in [0.29, 0.717) is 17.6 Å². The third-order valence-electron chi connectivity index (χ3n) is 4.41. The van der Waals surface area contributed by atoms with E-state index in [9.17, 15) is 9.90 Å². The molecule has 0 radical (unpaired) electrons. The zero-order valence-corrected chi connectivity index (χ0v) is 15.7. The lowest BCUT2D eigenvalue weighted by Crippen LogP contribution is -1.99. The number of aromatic nitrogens is 1. The Morgan fingerprint density at radius 1 is 1.19 bits per heavy atom. The molecule has 3 aromatic rings. The number of fused-ring (bicyclic) bond motifs is 1. The normalized spacial score (nSPS) is 11.6. The molecule has 27 heavy (non-hydrogen) atoms. The molecule has 0 aliphatic heterocycles. The predicted octanol–water partition coefficient (Wildman–Crippen LogP) is 5.18. The van der Waals surface area contributed by atoms with Crippen LogP contribution < -0.4 is 4.74 Å². The number of hydrogen-bond donors (Lipinski definition) is 1. The molecule has 1 N–H and O–H groups in total. The minimum atomic E-state index is -0.327. The lowest BCUT2D eigenvalue weighted by Gasteiger charge is -2.10. The van der Waals surface area contributed by atoms with Crippen molar-refractivity contribution in [1.82, 2.24) is 4.57 Å². The second-order valence-electron chi connectivity index (χ2n) is 6.60. The highest BCUT2D eigenvalue weighted by atomic mass is 16.5. The van der Waals surface area contributed by atoms with E-state index >= 15 is 0 Å². The van der Waals surface area contributed by atoms with Crippen LogP contribution in [0.1, 0.15) is 31.9 Å². The molecule has 6 heteroatoms. The number of ether oxygens (including phenoxy) is 1. The molecule has 6 nitrogen and oxygen atoms in total. The van der Waals surface area contributed by atoms with E-state index in [0.717, 1.165) is 11.1 Å². The fourth-order valence-electron chi connectivity index (χ4n) is 3.06. The Balaban J connectivity index is 1.87. The minimum Gasteiger partial charge on any atom is -0.497 e. The number of azo groups is 1. The van der Waals surface area contributed by atoms with Crippen LogP contribution in [0.25, 0.3) is 10.9 Å². The van der Waals surface area contributed by atoms with Gasteiger partial charge in [-0.2, -0.15) is 0 Å². The van der Waals surface area contributed by atoms with E-state index < -0.39 is 0 Å². The van der Waals surface area contributed by atoms with Crippen molar-refractivity contribution in [1.29, 1.82) is 0 Å². The molecule has 0 spiro atoms. The number of benzene rings is 2. The summed E-state index contributed by atoms with van der Waals surface area (Å²) in [5.41, 5.74) is 2.17. The number of aromatic hydroxyl groups is 1. The van der Waals surface area contributed by atoms with E-state index in [2.05, 4.69) is 10.2 Å². The van der Waals surface area contributed by atoms with Crippen LogP contribution in [0.4, 0.5) is 5.69 Å². The molecule has 0 saturated carbocycles. The Bertz CT molecular complexity index is 975. The van der Waals surface area contributed by atoms with Crippen molar-refractivity contribution in [3.63, 3.8) is 0 Å². The van der Waals surface area contributed by atoms with Crippen LogP contribution in [-0.2, 0) is 11.2 Å². The fraction of sp³-hybridized carbons (Fsp3) is 0.286. The lowest BCUT2D eigenvalue weighted by molar-refractivity contribution is -0.118. The summed E-state index contributed by atoms with van der Waals surface area (Å²) in [6.45, 7) is 3.94. The third kappa shape index (κ3) is 4.00. The van der Waals surface area contributed by atoms with E-state index in [1.54, 1.807) is 17.7 Å². The molecule has 0 atom stereocenters. The highest BCUT2D eigenvalue weighted by molar-refractivity contribution is 5.96. The van der Waals surface area contributed by atoms with Gasteiger partial charge in [0.1, 0.15) is 5.75 Å². The van der Waals surface area contributed by atoms with Crippen molar-refractivity contribution in [2.24, 2.45) is 10.2 Å². The number of hydrogen-bond acceptors (Lipinski definition) is 4. The number of nitrogens with zero attached hydrogens (tertiary/aromatic N) is 3.